The molecule has 2 aromatic carbocycles. The number of rotatable bonds is 8. The third-order valence-electron chi connectivity index (χ3n) is 5.94. The van der Waals surface area contributed by atoms with Gasteiger partial charge in [-0.1, -0.05) is 17.3 Å². The number of amides is 1. The largest absolute Gasteiger partial charge is 0.497 e. The fourth-order valence-electron chi connectivity index (χ4n) is 3.93. The molecule has 3 aromatic rings. The number of nitrogens with zero attached hydrogens (tertiary/aromatic N) is 3. The zero-order valence-electron chi connectivity index (χ0n) is 19.2. The van der Waals surface area contributed by atoms with E-state index in [1.165, 1.54) is 5.56 Å². The van der Waals surface area contributed by atoms with Crippen LogP contribution in [0.25, 0.3) is 11.3 Å². The molecule has 0 atom stereocenters. The molecule has 8 nitrogen and oxygen atoms in total. The minimum absolute atomic E-state index is 0.123. The molecule has 1 saturated heterocycles. The molecule has 1 aliphatic rings. The molecule has 0 aliphatic carbocycles. The van der Waals surface area contributed by atoms with Gasteiger partial charge in [0.1, 0.15) is 17.2 Å². The van der Waals surface area contributed by atoms with Crippen molar-refractivity contribution in [1.82, 2.24) is 15.0 Å². The summed E-state index contributed by atoms with van der Waals surface area (Å²) in [5, 5.41) is 4.02. The van der Waals surface area contributed by atoms with Crippen molar-refractivity contribution in [1.29, 1.82) is 0 Å². The zero-order valence-corrected chi connectivity index (χ0v) is 19.2. The van der Waals surface area contributed by atoms with E-state index in [0.717, 1.165) is 31.8 Å². The van der Waals surface area contributed by atoms with Crippen LogP contribution in [0.4, 0.5) is 0 Å². The van der Waals surface area contributed by atoms with E-state index in [-0.39, 0.29) is 5.91 Å². The van der Waals surface area contributed by atoms with Crippen LogP contribution in [0.15, 0.2) is 53.1 Å². The Morgan fingerprint density at radius 3 is 2.27 bits per heavy atom. The number of carbonyl (C=O) groups excluding carboxylic acids is 1. The number of ether oxygens (including phenoxy) is 3. The predicted octanol–water partition coefficient (Wildman–Crippen LogP) is 3.37. The molecule has 174 valence electrons. The lowest BCUT2D eigenvalue weighted by Gasteiger charge is -2.34. The quantitative estimate of drug-likeness (QED) is 0.520. The third kappa shape index (κ3) is 5.28. The number of methoxy groups -OCH3 is 3. The van der Waals surface area contributed by atoms with Crippen molar-refractivity contribution in [2.45, 2.75) is 6.42 Å². The van der Waals surface area contributed by atoms with Crippen LogP contribution in [-0.2, 0) is 6.42 Å². The lowest BCUT2D eigenvalue weighted by Crippen LogP contribution is -2.49. The highest BCUT2D eigenvalue weighted by Gasteiger charge is 2.25. The molecule has 0 bridgehead atoms. The van der Waals surface area contributed by atoms with Gasteiger partial charge in [0, 0.05) is 38.8 Å². The number of hydrogen-bond donors (Lipinski definition) is 0. The lowest BCUT2D eigenvalue weighted by molar-refractivity contribution is 0.0628. The average molecular weight is 452 g/mol. The predicted molar refractivity (Wildman–Crippen MR) is 124 cm³/mol. The summed E-state index contributed by atoms with van der Waals surface area (Å²) in [6.07, 6.45) is 0.965. The molecule has 4 rings (SSSR count). The Hall–Kier alpha value is -3.52. The average Bonchev–Trinajstić information content (AvgIpc) is 3.37. The van der Waals surface area contributed by atoms with Gasteiger partial charge in [-0.2, -0.15) is 0 Å². The monoisotopic (exact) mass is 451 g/mol. The van der Waals surface area contributed by atoms with Gasteiger partial charge in [0.25, 0.3) is 5.91 Å². The van der Waals surface area contributed by atoms with Crippen LogP contribution in [0.3, 0.4) is 0 Å². The van der Waals surface area contributed by atoms with Gasteiger partial charge in [0.2, 0.25) is 0 Å². The van der Waals surface area contributed by atoms with Gasteiger partial charge in [-0.25, -0.2) is 0 Å². The molecule has 0 radical (unpaired) electrons. The maximum Gasteiger partial charge on any atom is 0.276 e. The zero-order chi connectivity index (χ0) is 23.2. The molecule has 1 aliphatic heterocycles. The van der Waals surface area contributed by atoms with E-state index in [9.17, 15) is 4.79 Å². The molecule has 8 heteroatoms. The normalized spacial score (nSPS) is 14.2. The van der Waals surface area contributed by atoms with Gasteiger partial charge in [-0.3, -0.25) is 9.69 Å². The molecule has 0 unspecified atom stereocenters. The van der Waals surface area contributed by atoms with E-state index in [4.69, 9.17) is 18.7 Å². The van der Waals surface area contributed by atoms with E-state index in [2.05, 4.69) is 22.2 Å². The van der Waals surface area contributed by atoms with Crippen LogP contribution >= 0.6 is 0 Å². The summed E-state index contributed by atoms with van der Waals surface area (Å²) < 4.78 is 21.4. The Bertz CT molecular complexity index is 1070. The second kappa shape index (κ2) is 10.4. The first-order valence-electron chi connectivity index (χ1n) is 10.9. The van der Waals surface area contributed by atoms with E-state index in [1.807, 2.05) is 17.0 Å². The molecule has 0 saturated carbocycles. The van der Waals surface area contributed by atoms with E-state index in [1.54, 1.807) is 45.6 Å². The van der Waals surface area contributed by atoms with Gasteiger partial charge >= 0.3 is 0 Å². The molecule has 1 amide bonds. The molecular weight excluding hydrogens is 422 g/mol. The first-order valence-corrected chi connectivity index (χ1v) is 10.9. The first-order chi connectivity index (χ1) is 16.1. The van der Waals surface area contributed by atoms with Crippen molar-refractivity contribution in [3.05, 3.63) is 59.8 Å². The number of hydrogen-bond acceptors (Lipinski definition) is 7. The highest BCUT2D eigenvalue weighted by Crippen LogP contribution is 2.34. The maximum atomic E-state index is 13.0. The van der Waals surface area contributed by atoms with Crippen molar-refractivity contribution < 1.29 is 23.5 Å². The molecule has 2 heterocycles. The van der Waals surface area contributed by atoms with Crippen molar-refractivity contribution in [3.8, 4) is 28.6 Å². The fraction of sp³-hybridized carbons (Fsp3) is 0.360. The summed E-state index contributed by atoms with van der Waals surface area (Å²) >= 11 is 0. The number of piperazine rings is 1. The summed E-state index contributed by atoms with van der Waals surface area (Å²) in [5.74, 6) is 2.50. The highest BCUT2D eigenvalue weighted by molar-refractivity contribution is 5.93. The van der Waals surface area contributed by atoms with Crippen LogP contribution in [0, 0.1) is 0 Å². The Morgan fingerprint density at radius 1 is 0.909 bits per heavy atom. The molecule has 0 N–H and O–H groups in total. The van der Waals surface area contributed by atoms with E-state index >= 15 is 0 Å². The Kier molecular flexibility index (Phi) is 7.14. The number of carbonyl (C=O) groups is 1. The summed E-state index contributed by atoms with van der Waals surface area (Å²) in [5.41, 5.74) is 2.26. The van der Waals surface area contributed by atoms with Crippen LogP contribution in [0.1, 0.15) is 16.1 Å². The van der Waals surface area contributed by atoms with Crippen molar-refractivity contribution in [2.75, 3.05) is 54.1 Å². The Labute approximate surface area is 193 Å². The minimum Gasteiger partial charge on any atom is -0.497 e. The summed E-state index contributed by atoms with van der Waals surface area (Å²) in [7, 11) is 4.85. The second-order valence-corrected chi connectivity index (χ2v) is 7.87. The molecule has 1 aromatic heterocycles. The van der Waals surface area contributed by atoms with Gasteiger partial charge < -0.3 is 23.6 Å². The van der Waals surface area contributed by atoms with Crippen LogP contribution in [0.5, 0.6) is 17.2 Å². The Balaban J connectivity index is 1.33. The minimum atomic E-state index is -0.123. The summed E-state index contributed by atoms with van der Waals surface area (Å²) in [6.45, 7) is 3.93. The van der Waals surface area contributed by atoms with Gasteiger partial charge in [-0.05, 0) is 42.3 Å². The van der Waals surface area contributed by atoms with Crippen LogP contribution < -0.4 is 14.2 Å². The van der Waals surface area contributed by atoms with Crippen molar-refractivity contribution in [3.63, 3.8) is 0 Å². The van der Waals surface area contributed by atoms with E-state index < -0.39 is 0 Å². The molecular formula is C25H29N3O5. The topological polar surface area (TPSA) is 77.3 Å². The van der Waals surface area contributed by atoms with Crippen LogP contribution in [0.2, 0.25) is 0 Å². The van der Waals surface area contributed by atoms with Crippen molar-refractivity contribution in [2.24, 2.45) is 0 Å². The van der Waals surface area contributed by atoms with Gasteiger partial charge in [0.05, 0.1) is 26.9 Å². The highest BCUT2D eigenvalue weighted by atomic mass is 16.5. The summed E-state index contributed by atoms with van der Waals surface area (Å²) in [6, 6.07) is 15.2. The number of benzene rings is 2. The van der Waals surface area contributed by atoms with Crippen molar-refractivity contribution >= 4 is 5.91 Å². The third-order valence-corrected chi connectivity index (χ3v) is 5.94. The number of aromatic nitrogens is 1. The standard InChI is InChI=1S/C25H29N3O5/c1-30-19-6-4-18(5-7-19)10-11-27-12-14-28(15-13-27)25(29)22-17-24(33-26-22)21-16-20(31-2)8-9-23(21)32-3/h4-9,16-17H,10-15H2,1-3H3. The summed E-state index contributed by atoms with van der Waals surface area (Å²) in [4.78, 5) is 17.2. The molecule has 1 fully saturated rings. The van der Waals surface area contributed by atoms with Gasteiger partial charge in [0.15, 0.2) is 11.5 Å². The SMILES string of the molecule is COc1ccc(CCN2CCN(C(=O)c3cc(-c4cc(OC)ccc4OC)on3)CC2)cc1. The van der Waals surface area contributed by atoms with Gasteiger partial charge in [-0.15, -0.1) is 0 Å². The lowest BCUT2D eigenvalue weighted by atomic mass is 10.1. The fourth-order valence-corrected chi connectivity index (χ4v) is 3.93. The molecule has 0 spiro atoms. The smallest absolute Gasteiger partial charge is 0.276 e. The maximum absolute atomic E-state index is 13.0. The first kappa shape index (κ1) is 22.7. The second-order valence-electron chi connectivity index (χ2n) is 7.87. The van der Waals surface area contributed by atoms with Crippen LogP contribution in [-0.4, -0.2) is 74.9 Å². The Morgan fingerprint density at radius 2 is 1.61 bits per heavy atom. The van der Waals surface area contributed by atoms with E-state index in [0.29, 0.717) is 41.6 Å². The molecule has 33 heavy (non-hydrogen) atoms.